The Hall–Kier alpha value is -0.0600. The van der Waals surface area contributed by atoms with E-state index in [1.807, 2.05) is 0 Å². The summed E-state index contributed by atoms with van der Waals surface area (Å²) < 4.78 is 25.5. The van der Waals surface area contributed by atoms with Crippen molar-refractivity contribution in [2.45, 2.75) is 0 Å². The minimum Gasteiger partial charge on any atom is -0.373 e. The maximum Gasteiger partial charge on any atom is 0.236 e. The van der Waals surface area contributed by atoms with Gasteiger partial charge in [-0.05, 0) is 5.57 Å². The van der Waals surface area contributed by atoms with Crippen molar-refractivity contribution < 1.29 is 13.2 Å². The first-order valence-electron chi connectivity index (χ1n) is 2.76. The molecule has 1 saturated heterocycles. The van der Waals surface area contributed by atoms with E-state index in [4.69, 9.17) is 15.4 Å². The van der Waals surface area contributed by atoms with Crippen LogP contribution in [-0.2, 0) is 13.8 Å². The Balaban J connectivity index is 2.41. The Morgan fingerprint density at radius 1 is 1.60 bits per heavy atom. The zero-order valence-electron chi connectivity index (χ0n) is 5.21. The van der Waals surface area contributed by atoms with Gasteiger partial charge in [0, 0.05) is 10.7 Å². The van der Waals surface area contributed by atoms with Gasteiger partial charge in [0.15, 0.2) is 0 Å². The van der Waals surface area contributed by atoms with Crippen LogP contribution in [0.25, 0.3) is 0 Å². The van der Waals surface area contributed by atoms with Crippen LogP contribution in [-0.4, -0.2) is 27.4 Å². The quantitative estimate of drug-likeness (QED) is 0.462. The molecule has 1 fully saturated rings. The third-order valence-corrected chi connectivity index (χ3v) is 2.09. The van der Waals surface area contributed by atoms with Crippen LogP contribution < -0.4 is 0 Å². The van der Waals surface area contributed by atoms with Gasteiger partial charge in [-0.1, -0.05) is 6.08 Å². The Labute approximate surface area is 64.0 Å². The van der Waals surface area contributed by atoms with Crippen LogP contribution in [0.1, 0.15) is 0 Å². The number of halogens is 1. The molecule has 0 aromatic heterocycles. The van der Waals surface area contributed by atoms with Gasteiger partial charge in [0.2, 0.25) is 9.05 Å². The second-order valence-corrected chi connectivity index (χ2v) is 4.88. The Kier molecular flexibility index (Phi) is 2.33. The number of ether oxygens (including phenoxy) is 1. The highest BCUT2D eigenvalue weighted by molar-refractivity contribution is 8.13. The molecule has 0 radical (unpaired) electrons. The summed E-state index contributed by atoms with van der Waals surface area (Å²) >= 11 is 0. The Morgan fingerprint density at radius 2 is 2.20 bits per heavy atom. The van der Waals surface area contributed by atoms with Crippen molar-refractivity contribution in [1.29, 1.82) is 0 Å². The molecule has 0 atom stereocenters. The fourth-order valence-corrected chi connectivity index (χ4v) is 1.18. The summed E-state index contributed by atoms with van der Waals surface area (Å²) in [5, 5.41) is 0. The second kappa shape index (κ2) is 2.90. The van der Waals surface area contributed by atoms with Gasteiger partial charge in [0.05, 0.1) is 19.0 Å². The van der Waals surface area contributed by atoms with Crippen molar-refractivity contribution in [3.05, 3.63) is 11.6 Å². The van der Waals surface area contributed by atoms with Gasteiger partial charge in [-0.15, -0.1) is 0 Å². The maximum atomic E-state index is 10.4. The molecule has 3 nitrogen and oxygen atoms in total. The van der Waals surface area contributed by atoms with Crippen molar-refractivity contribution in [3.63, 3.8) is 0 Å². The van der Waals surface area contributed by atoms with Crippen LogP contribution in [0.15, 0.2) is 11.6 Å². The normalized spacial score (nSPS) is 18.3. The highest BCUT2D eigenvalue weighted by atomic mass is 35.7. The number of rotatable bonds is 2. The van der Waals surface area contributed by atoms with Crippen molar-refractivity contribution >= 4 is 19.7 Å². The van der Waals surface area contributed by atoms with Gasteiger partial charge >= 0.3 is 0 Å². The van der Waals surface area contributed by atoms with Gasteiger partial charge in [0.25, 0.3) is 0 Å². The van der Waals surface area contributed by atoms with Crippen molar-refractivity contribution in [1.82, 2.24) is 0 Å². The average Bonchev–Trinajstić information content (AvgIpc) is 1.56. The summed E-state index contributed by atoms with van der Waals surface area (Å²) in [4.78, 5) is 0. The highest BCUT2D eigenvalue weighted by Gasteiger charge is 2.10. The zero-order chi connectivity index (χ0) is 7.61. The molecule has 0 aromatic rings. The molecule has 0 saturated carbocycles. The maximum absolute atomic E-state index is 10.4. The van der Waals surface area contributed by atoms with E-state index in [-0.39, 0.29) is 5.75 Å². The Bertz CT molecular complexity index is 236. The molecule has 0 amide bonds. The molecule has 10 heavy (non-hydrogen) atoms. The summed E-state index contributed by atoms with van der Waals surface area (Å²) in [6.07, 6.45) is 1.59. The van der Waals surface area contributed by atoms with E-state index in [0.717, 1.165) is 5.57 Å². The zero-order valence-corrected chi connectivity index (χ0v) is 6.78. The lowest BCUT2D eigenvalue weighted by molar-refractivity contribution is 0.103. The number of hydrogen-bond acceptors (Lipinski definition) is 3. The molecule has 1 rings (SSSR count). The fourth-order valence-electron chi connectivity index (χ4n) is 0.555. The summed E-state index contributed by atoms with van der Waals surface area (Å²) in [6, 6.07) is 0. The summed E-state index contributed by atoms with van der Waals surface area (Å²) in [5.74, 6) is -0.0900. The van der Waals surface area contributed by atoms with Crippen LogP contribution in [0.3, 0.4) is 0 Å². The van der Waals surface area contributed by atoms with E-state index in [1.165, 1.54) is 0 Å². The van der Waals surface area contributed by atoms with Gasteiger partial charge < -0.3 is 4.74 Å². The average molecular weight is 183 g/mol. The molecule has 0 aromatic carbocycles. The Morgan fingerprint density at radius 3 is 2.50 bits per heavy atom. The van der Waals surface area contributed by atoms with Gasteiger partial charge in [-0.25, -0.2) is 8.42 Å². The predicted molar refractivity (Wildman–Crippen MR) is 38.5 cm³/mol. The van der Waals surface area contributed by atoms with Crippen LogP contribution in [0.5, 0.6) is 0 Å². The third kappa shape index (κ3) is 2.68. The second-order valence-electron chi connectivity index (χ2n) is 2.06. The molecule has 0 bridgehead atoms. The van der Waals surface area contributed by atoms with E-state index < -0.39 is 9.05 Å². The lowest BCUT2D eigenvalue weighted by atomic mass is 10.2. The summed E-state index contributed by atoms with van der Waals surface area (Å²) in [6.45, 7) is 1.10. The third-order valence-electron chi connectivity index (χ3n) is 1.15. The molecular formula is C5H7ClO3S. The molecular weight excluding hydrogens is 176 g/mol. The molecule has 0 unspecified atom stereocenters. The molecule has 1 aliphatic rings. The summed E-state index contributed by atoms with van der Waals surface area (Å²) in [7, 11) is 1.59. The van der Waals surface area contributed by atoms with Crippen LogP contribution in [0.2, 0.25) is 0 Å². The van der Waals surface area contributed by atoms with E-state index >= 15 is 0 Å². The molecule has 0 spiro atoms. The lowest BCUT2D eigenvalue weighted by Crippen LogP contribution is -2.17. The van der Waals surface area contributed by atoms with Crippen molar-refractivity contribution in [2.75, 3.05) is 19.0 Å². The fraction of sp³-hybridized carbons (Fsp3) is 0.600. The predicted octanol–water partition coefficient (Wildman–Crippen LogP) is 0.512. The smallest absolute Gasteiger partial charge is 0.236 e. The van der Waals surface area contributed by atoms with E-state index in [9.17, 15) is 8.42 Å². The lowest BCUT2D eigenvalue weighted by Gasteiger charge is -2.16. The van der Waals surface area contributed by atoms with E-state index in [2.05, 4.69) is 0 Å². The topological polar surface area (TPSA) is 43.4 Å². The monoisotopic (exact) mass is 182 g/mol. The number of hydrogen-bond donors (Lipinski definition) is 0. The van der Waals surface area contributed by atoms with Crippen LogP contribution in [0, 0.1) is 0 Å². The molecule has 0 N–H and O–H groups in total. The molecule has 5 heteroatoms. The molecule has 0 aliphatic carbocycles. The summed E-state index contributed by atoms with van der Waals surface area (Å²) in [5.41, 5.74) is 1.00. The SMILES string of the molecule is O=S(=O)(Cl)CC=C1COC1. The molecule has 1 heterocycles. The van der Waals surface area contributed by atoms with Crippen LogP contribution in [0.4, 0.5) is 0 Å². The standard InChI is InChI=1S/C5H7ClO3S/c6-10(7,8)2-1-5-3-9-4-5/h1H,2-4H2. The van der Waals surface area contributed by atoms with Gasteiger partial charge in [-0.3, -0.25) is 0 Å². The minimum atomic E-state index is -3.36. The van der Waals surface area contributed by atoms with Crippen molar-refractivity contribution in [2.24, 2.45) is 0 Å². The molecule has 58 valence electrons. The van der Waals surface area contributed by atoms with E-state index in [1.54, 1.807) is 6.08 Å². The van der Waals surface area contributed by atoms with Crippen molar-refractivity contribution in [3.8, 4) is 0 Å². The first-order chi connectivity index (χ1) is 4.58. The van der Waals surface area contributed by atoms with E-state index in [0.29, 0.717) is 13.2 Å². The largest absolute Gasteiger partial charge is 0.373 e. The first kappa shape index (κ1) is 8.04. The van der Waals surface area contributed by atoms with Gasteiger partial charge in [-0.2, -0.15) is 0 Å². The first-order valence-corrected chi connectivity index (χ1v) is 5.24. The minimum absolute atomic E-state index is 0.0900. The highest BCUT2D eigenvalue weighted by Crippen LogP contribution is 2.09. The van der Waals surface area contributed by atoms with Gasteiger partial charge in [0.1, 0.15) is 0 Å². The molecule has 1 aliphatic heterocycles. The van der Waals surface area contributed by atoms with Crippen LogP contribution >= 0.6 is 10.7 Å².